The predicted octanol–water partition coefficient (Wildman–Crippen LogP) is -0.0621. The molecule has 2 heterocycles. The molecule has 2 saturated heterocycles. The molecule has 1 unspecified atom stereocenters. The molecule has 0 amide bonds. The molecule has 0 bridgehead atoms. The van der Waals surface area contributed by atoms with Gasteiger partial charge in [-0.15, -0.1) is 0 Å². The fourth-order valence-electron chi connectivity index (χ4n) is 2.40. The highest BCUT2D eigenvalue weighted by atomic mass is 15.3. The van der Waals surface area contributed by atoms with Crippen molar-refractivity contribution < 1.29 is 0 Å². The average Bonchev–Trinajstić information content (AvgIpc) is 2.53. The van der Waals surface area contributed by atoms with Crippen molar-refractivity contribution in [3.63, 3.8) is 0 Å². The number of hydrogen-bond donors (Lipinski definition) is 0. The van der Waals surface area contributed by atoms with E-state index < -0.39 is 0 Å². The fraction of sp³-hybridized carbons (Fsp3) is 1.00. The van der Waals surface area contributed by atoms with Crippen LogP contribution < -0.4 is 0 Å². The highest BCUT2D eigenvalue weighted by molar-refractivity contribution is 4.84. The number of nitrogens with zero attached hydrogens (tertiary/aromatic N) is 3. The molecule has 3 nitrogen and oxygen atoms in total. The summed E-state index contributed by atoms with van der Waals surface area (Å²) in [5, 5.41) is 0. The molecule has 2 aliphatic heterocycles. The SMILES string of the molecule is CN1CCN(C2CCN(C)C2)CC1. The van der Waals surface area contributed by atoms with Gasteiger partial charge in [-0.05, 0) is 27.1 Å². The van der Waals surface area contributed by atoms with Crippen molar-refractivity contribution in [1.29, 1.82) is 0 Å². The van der Waals surface area contributed by atoms with Crippen LogP contribution in [0.5, 0.6) is 0 Å². The van der Waals surface area contributed by atoms with Gasteiger partial charge >= 0.3 is 0 Å². The first-order valence-electron chi connectivity index (χ1n) is 5.37. The number of likely N-dealkylation sites (tertiary alicyclic amines) is 1. The maximum atomic E-state index is 2.67. The molecule has 2 rings (SSSR count). The summed E-state index contributed by atoms with van der Waals surface area (Å²) in [6.07, 6.45) is 1.38. The second-order valence-corrected chi connectivity index (χ2v) is 4.54. The van der Waals surface area contributed by atoms with Crippen LogP contribution in [0, 0.1) is 0 Å². The highest BCUT2D eigenvalue weighted by Gasteiger charge is 2.27. The summed E-state index contributed by atoms with van der Waals surface area (Å²) in [5.74, 6) is 0. The van der Waals surface area contributed by atoms with Gasteiger partial charge in [0.1, 0.15) is 0 Å². The van der Waals surface area contributed by atoms with E-state index in [9.17, 15) is 0 Å². The van der Waals surface area contributed by atoms with Gasteiger partial charge in [0.15, 0.2) is 0 Å². The van der Waals surface area contributed by atoms with E-state index >= 15 is 0 Å². The number of hydrogen-bond acceptors (Lipinski definition) is 3. The minimum absolute atomic E-state index is 0.846. The van der Waals surface area contributed by atoms with Crippen molar-refractivity contribution in [3.8, 4) is 0 Å². The Morgan fingerprint density at radius 2 is 1.54 bits per heavy atom. The molecule has 0 N–H and O–H groups in total. The first-order valence-corrected chi connectivity index (χ1v) is 5.37. The zero-order chi connectivity index (χ0) is 9.26. The minimum Gasteiger partial charge on any atom is -0.305 e. The first-order chi connectivity index (χ1) is 6.25. The molecule has 0 aromatic rings. The van der Waals surface area contributed by atoms with E-state index in [-0.39, 0.29) is 0 Å². The van der Waals surface area contributed by atoms with Crippen molar-refractivity contribution >= 4 is 0 Å². The van der Waals surface area contributed by atoms with E-state index in [0.29, 0.717) is 0 Å². The van der Waals surface area contributed by atoms with Gasteiger partial charge in [-0.25, -0.2) is 0 Å². The van der Waals surface area contributed by atoms with Gasteiger partial charge in [-0.3, -0.25) is 4.90 Å². The fourth-order valence-corrected chi connectivity index (χ4v) is 2.40. The van der Waals surface area contributed by atoms with Crippen LogP contribution in [-0.4, -0.2) is 74.1 Å². The normalized spacial score (nSPS) is 34.2. The maximum Gasteiger partial charge on any atom is 0.0236 e. The van der Waals surface area contributed by atoms with Gasteiger partial charge in [-0.2, -0.15) is 0 Å². The lowest BCUT2D eigenvalue weighted by Crippen LogP contribution is -2.49. The molecule has 13 heavy (non-hydrogen) atoms. The van der Waals surface area contributed by atoms with E-state index in [1.165, 1.54) is 45.7 Å². The van der Waals surface area contributed by atoms with Crippen molar-refractivity contribution in [2.45, 2.75) is 12.5 Å². The van der Waals surface area contributed by atoms with Gasteiger partial charge in [-0.1, -0.05) is 0 Å². The minimum atomic E-state index is 0.846. The lowest BCUT2D eigenvalue weighted by molar-refractivity contribution is 0.114. The second-order valence-electron chi connectivity index (χ2n) is 4.54. The third-order valence-electron chi connectivity index (χ3n) is 3.42. The molecule has 0 radical (unpaired) electrons. The summed E-state index contributed by atoms with van der Waals surface area (Å²) in [6, 6.07) is 0.846. The van der Waals surface area contributed by atoms with E-state index in [1.807, 2.05) is 0 Å². The Balaban J connectivity index is 1.81. The van der Waals surface area contributed by atoms with E-state index in [4.69, 9.17) is 0 Å². The Morgan fingerprint density at radius 1 is 0.846 bits per heavy atom. The third-order valence-corrected chi connectivity index (χ3v) is 3.42. The molecule has 2 aliphatic rings. The average molecular weight is 183 g/mol. The Hall–Kier alpha value is -0.120. The summed E-state index contributed by atoms with van der Waals surface area (Å²) < 4.78 is 0. The zero-order valence-corrected chi connectivity index (χ0v) is 8.87. The molecule has 76 valence electrons. The second kappa shape index (κ2) is 3.95. The monoisotopic (exact) mass is 183 g/mol. The molecule has 2 fully saturated rings. The summed E-state index contributed by atoms with van der Waals surface area (Å²) >= 11 is 0. The lowest BCUT2D eigenvalue weighted by atomic mass is 10.2. The molecule has 0 aliphatic carbocycles. The molecule has 0 aromatic heterocycles. The lowest BCUT2D eigenvalue weighted by Gasteiger charge is -2.36. The van der Waals surface area contributed by atoms with Crippen LogP contribution >= 0.6 is 0 Å². The number of piperazine rings is 1. The molecule has 3 heteroatoms. The van der Waals surface area contributed by atoms with Crippen LogP contribution in [0.2, 0.25) is 0 Å². The van der Waals surface area contributed by atoms with Gasteiger partial charge in [0.05, 0.1) is 0 Å². The van der Waals surface area contributed by atoms with Gasteiger partial charge < -0.3 is 9.80 Å². The molecule has 0 spiro atoms. The van der Waals surface area contributed by atoms with Crippen molar-refractivity contribution in [2.24, 2.45) is 0 Å². The van der Waals surface area contributed by atoms with Crippen molar-refractivity contribution in [3.05, 3.63) is 0 Å². The molecule has 0 saturated carbocycles. The highest BCUT2D eigenvalue weighted by Crippen LogP contribution is 2.15. The zero-order valence-electron chi connectivity index (χ0n) is 8.87. The number of likely N-dealkylation sites (N-methyl/N-ethyl adjacent to an activating group) is 2. The Kier molecular flexibility index (Phi) is 2.86. The maximum absolute atomic E-state index is 2.67. The van der Waals surface area contributed by atoms with E-state index in [2.05, 4.69) is 28.8 Å². The summed E-state index contributed by atoms with van der Waals surface area (Å²) in [4.78, 5) is 7.54. The van der Waals surface area contributed by atoms with Gasteiger partial charge in [0.2, 0.25) is 0 Å². The van der Waals surface area contributed by atoms with Crippen molar-refractivity contribution in [1.82, 2.24) is 14.7 Å². The van der Waals surface area contributed by atoms with Crippen LogP contribution in [0.4, 0.5) is 0 Å². The summed E-state index contributed by atoms with van der Waals surface area (Å²) in [5.41, 5.74) is 0. The van der Waals surface area contributed by atoms with Crippen LogP contribution in [0.1, 0.15) is 6.42 Å². The van der Waals surface area contributed by atoms with Gasteiger partial charge in [0, 0.05) is 38.8 Å². The smallest absolute Gasteiger partial charge is 0.0236 e. The van der Waals surface area contributed by atoms with Crippen molar-refractivity contribution in [2.75, 3.05) is 53.4 Å². The molecular formula is C10H21N3. The Bertz CT molecular complexity index is 164. The summed E-state index contributed by atoms with van der Waals surface area (Å²) in [7, 11) is 4.45. The van der Waals surface area contributed by atoms with Crippen LogP contribution in [0.25, 0.3) is 0 Å². The standard InChI is InChI=1S/C10H21N3/c1-11-5-7-13(8-6-11)10-3-4-12(2)9-10/h10H,3-9H2,1-2H3. The molecular weight excluding hydrogens is 162 g/mol. The van der Waals surface area contributed by atoms with E-state index in [0.717, 1.165) is 6.04 Å². The molecule has 0 aromatic carbocycles. The Labute approximate surface area is 81.3 Å². The Morgan fingerprint density at radius 3 is 2.08 bits per heavy atom. The van der Waals surface area contributed by atoms with Crippen LogP contribution in [-0.2, 0) is 0 Å². The van der Waals surface area contributed by atoms with E-state index in [1.54, 1.807) is 0 Å². The third kappa shape index (κ3) is 2.22. The topological polar surface area (TPSA) is 9.72 Å². The molecule has 1 atom stereocenters. The van der Waals surface area contributed by atoms with Gasteiger partial charge in [0.25, 0.3) is 0 Å². The first kappa shape index (κ1) is 9.44. The summed E-state index contributed by atoms with van der Waals surface area (Å²) in [6.45, 7) is 7.62. The predicted molar refractivity (Wildman–Crippen MR) is 55.0 cm³/mol. The quantitative estimate of drug-likeness (QED) is 0.564. The van der Waals surface area contributed by atoms with Crippen LogP contribution in [0.15, 0.2) is 0 Å². The number of rotatable bonds is 1. The largest absolute Gasteiger partial charge is 0.305 e. The van der Waals surface area contributed by atoms with Crippen LogP contribution in [0.3, 0.4) is 0 Å².